The molecule has 11 heteroatoms. The van der Waals surface area contributed by atoms with Gasteiger partial charge in [0, 0.05) is 0 Å². The lowest BCUT2D eigenvalue weighted by molar-refractivity contribution is -0.389. The Morgan fingerprint density at radius 2 is 2.10 bits per heavy atom. The smallest absolute Gasteiger partial charge is 0.469 e. The van der Waals surface area contributed by atoms with Gasteiger partial charge in [0.05, 0.1) is 24.5 Å². The molecule has 0 atom stereocenters. The minimum absolute atomic E-state index is 0.270. The molecule has 0 saturated carbocycles. The molecule has 0 unspecified atom stereocenters. The zero-order chi connectivity index (χ0) is 15.5. The molecule has 0 aromatic carbocycles. The quantitative estimate of drug-likeness (QED) is 0.502. The number of hydrogen-bond donors (Lipinski definition) is 1. The fourth-order valence-corrected chi connectivity index (χ4v) is 1.33. The molecule has 0 amide bonds. The van der Waals surface area contributed by atoms with Gasteiger partial charge in [-0.05, 0) is 0 Å². The van der Waals surface area contributed by atoms with Crippen molar-refractivity contribution in [1.82, 2.24) is 4.98 Å². The molecule has 0 bridgehead atoms. The molecule has 0 aliphatic rings. The molecule has 20 heavy (non-hydrogen) atoms. The standard InChI is InChI=1S/C9H7F3N2O6/c1-19-7(16)2-4-8(14(17)18)5(3-6(15)13-4)20-9(10,11)12/h3H,2H2,1H3,(H,13,15). The highest BCUT2D eigenvalue weighted by atomic mass is 19.4. The normalized spacial score (nSPS) is 11.0. The van der Waals surface area contributed by atoms with E-state index in [1.807, 2.05) is 4.98 Å². The fourth-order valence-electron chi connectivity index (χ4n) is 1.33. The van der Waals surface area contributed by atoms with Crippen molar-refractivity contribution < 1.29 is 32.4 Å². The van der Waals surface area contributed by atoms with Gasteiger partial charge in [0.1, 0.15) is 5.69 Å². The Bertz CT molecular complexity index is 594. The molecule has 0 aliphatic carbocycles. The minimum atomic E-state index is -5.22. The first-order valence-corrected chi connectivity index (χ1v) is 4.87. The summed E-state index contributed by atoms with van der Waals surface area (Å²) in [5.74, 6) is -2.28. The highest BCUT2D eigenvalue weighted by molar-refractivity contribution is 5.74. The van der Waals surface area contributed by atoms with Crippen LogP contribution in [-0.2, 0) is 16.0 Å². The first-order chi connectivity index (χ1) is 9.14. The largest absolute Gasteiger partial charge is 0.573 e. The number of rotatable bonds is 4. The average Bonchev–Trinajstić information content (AvgIpc) is 2.24. The average molecular weight is 296 g/mol. The zero-order valence-corrected chi connectivity index (χ0v) is 9.82. The van der Waals surface area contributed by atoms with Crippen LogP contribution in [0.5, 0.6) is 5.75 Å². The Morgan fingerprint density at radius 1 is 1.50 bits per heavy atom. The van der Waals surface area contributed by atoms with Gasteiger partial charge in [0.15, 0.2) is 0 Å². The van der Waals surface area contributed by atoms with Crippen LogP contribution in [0.1, 0.15) is 5.69 Å². The number of nitro groups is 1. The van der Waals surface area contributed by atoms with Crippen molar-refractivity contribution in [2.75, 3.05) is 7.11 Å². The number of aromatic amines is 1. The van der Waals surface area contributed by atoms with Crippen LogP contribution in [0.2, 0.25) is 0 Å². The summed E-state index contributed by atoms with van der Waals surface area (Å²) in [5.41, 5.74) is -2.89. The minimum Gasteiger partial charge on any atom is -0.469 e. The summed E-state index contributed by atoms with van der Waals surface area (Å²) < 4.78 is 44.0. The second-order valence-corrected chi connectivity index (χ2v) is 3.38. The first-order valence-electron chi connectivity index (χ1n) is 4.87. The van der Waals surface area contributed by atoms with Gasteiger partial charge < -0.3 is 14.5 Å². The molecular weight excluding hydrogens is 289 g/mol. The second-order valence-electron chi connectivity index (χ2n) is 3.38. The van der Waals surface area contributed by atoms with E-state index in [0.717, 1.165) is 7.11 Å². The van der Waals surface area contributed by atoms with E-state index in [1.54, 1.807) is 0 Å². The SMILES string of the molecule is COC(=O)Cc1[nH]c(=O)cc(OC(F)(F)F)c1[N+](=O)[O-]. The van der Waals surface area contributed by atoms with E-state index in [9.17, 15) is 32.9 Å². The molecule has 1 rings (SSSR count). The highest BCUT2D eigenvalue weighted by Gasteiger charge is 2.36. The van der Waals surface area contributed by atoms with Gasteiger partial charge in [-0.25, -0.2) is 0 Å². The molecule has 0 aliphatic heterocycles. The molecule has 8 nitrogen and oxygen atoms in total. The highest BCUT2D eigenvalue weighted by Crippen LogP contribution is 2.32. The van der Waals surface area contributed by atoms with Gasteiger partial charge in [-0.1, -0.05) is 0 Å². The molecule has 1 heterocycles. The van der Waals surface area contributed by atoms with Crippen molar-refractivity contribution >= 4 is 11.7 Å². The Labute approximate surface area is 108 Å². The molecule has 1 aromatic heterocycles. The molecule has 0 saturated heterocycles. The molecular formula is C9H7F3N2O6. The number of esters is 1. The maximum atomic E-state index is 12.1. The van der Waals surface area contributed by atoms with Crippen LogP contribution < -0.4 is 10.3 Å². The van der Waals surface area contributed by atoms with E-state index >= 15 is 0 Å². The number of alkyl halides is 3. The van der Waals surface area contributed by atoms with Crippen molar-refractivity contribution in [3.63, 3.8) is 0 Å². The third kappa shape index (κ3) is 3.96. The number of methoxy groups -OCH3 is 1. The van der Waals surface area contributed by atoms with E-state index < -0.39 is 46.4 Å². The molecule has 0 radical (unpaired) electrons. The molecule has 1 N–H and O–H groups in total. The maximum Gasteiger partial charge on any atom is 0.573 e. The van der Waals surface area contributed by atoms with Gasteiger partial charge >= 0.3 is 18.0 Å². The summed E-state index contributed by atoms with van der Waals surface area (Å²) in [7, 11) is 0.975. The summed E-state index contributed by atoms with van der Waals surface area (Å²) in [6.07, 6.45) is -6.00. The fraction of sp³-hybridized carbons (Fsp3) is 0.333. The predicted octanol–water partition coefficient (Wildman–Crippen LogP) is 0.897. The number of carbonyl (C=O) groups is 1. The lowest BCUT2D eigenvalue weighted by Gasteiger charge is -2.10. The number of nitrogens with one attached hydrogen (secondary N) is 1. The van der Waals surface area contributed by atoms with Crippen LogP contribution in [0.15, 0.2) is 10.9 Å². The van der Waals surface area contributed by atoms with Crippen molar-refractivity contribution in [3.05, 3.63) is 32.2 Å². The van der Waals surface area contributed by atoms with Gasteiger partial charge in [-0.15, -0.1) is 13.2 Å². The summed E-state index contributed by atoms with van der Waals surface area (Å²) in [6, 6.07) is 0.270. The number of ether oxygens (including phenoxy) is 2. The lowest BCUT2D eigenvalue weighted by Crippen LogP contribution is -2.22. The van der Waals surface area contributed by atoms with Crippen molar-refractivity contribution in [1.29, 1.82) is 0 Å². The van der Waals surface area contributed by atoms with Crippen LogP contribution in [0.4, 0.5) is 18.9 Å². The third-order valence-electron chi connectivity index (χ3n) is 2.01. The number of carbonyl (C=O) groups excluding carboxylic acids is 1. The maximum absolute atomic E-state index is 12.1. The number of pyridine rings is 1. The van der Waals surface area contributed by atoms with E-state index in [-0.39, 0.29) is 6.07 Å². The number of aromatic nitrogens is 1. The van der Waals surface area contributed by atoms with Gasteiger partial charge in [0.2, 0.25) is 5.75 Å². The van der Waals surface area contributed by atoms with Crippen LogP contribution in [0, 0.1) is 10.1 Å². The first kappa shape index (κ1) is 15.5. The van der Waals surface area contributed by atoms with Crippen molar-refractivity contribution in [2.45, 2.75) is 12.8 Å². The Morgan fingerprint density at radius 3 is 2.55 bits per heavy atom. The van der Waals surface area contributed by atoms with Crippen LogP contribution in [0.25, 0.3) is 0 Å². The van der Waals surface area contributed by atoms with Crippen molar-refractivity contribution in [3.8, 4) is 5.75 Å². The van der Waals surface area contributed by atoms with E-state index in [4.69, 9.17) is 0 Å². The van der Waals surface area contributed by atoms with Crippen LogP contribution in [0.3, 0.4) is 0 Å². The van der Waals surface area contributed by atoms with Crippen LogP contribution >= 0.6 is 0 Å². The number of H-pyrrole nitrogens is 1. The van der Waals surface area contributed by atoms with Crippen molar-refractivity contribution in [2.24, 2.45) is 0 Å². The Kier molecular flexibility index (Phi) is 4.32. The Hall–Kier alpha value is -2.59. The summed E-state index contributed by atoms with van der Waals surface area (Å²) in [4.78, 5) is 33.7. The molecule has 0 fully saturated rings. The second kappa shape index (κ2) is 5.59. The summed E-state index contributed by atoms with van der Waals surface area (Å²) >= 11 is 0. The molecule has 110 valence electrons. The third-order valence-corrected chi connectivity index (χ3v) is 2.01. The monoisotopic (exact) mass is 296 g/mol. The Balaban J connectivity index is 3.40. The summed E-state index contributed by atoms with van der Waals surface area (Å²) in [6.45, 7) is 0. The summed E-state index contributed by atoms with van der Waals surface area (Å²) in [5, 5.41) is 10.8. The number of nitrogens with zero attached hydrogens (tertiary/aromatic N) is 1. The lowest BCUT2D eigenvalue weighted by atomic mass is 10.2. The van der Waals surface area contributed by atoms with Gasteiger partial charge in [0.25, 0.3) is 5.56 Å². The van der Waals surface area contributed by atoms with Gasteiger partial charge in [-0.3, -0.25) is 19.7 Å². The number of halogens is 3. The van der Waals surface area contributed by atoms with E-state index in [2.05, 4.69) is 9.47 Å². The van der Waals surface area contributed by atoms with E-state index in [1.165, 1.54) is 0 Å². The topological polar surface area (TPSA) is 112 Å². The van der Waals surface area contributed by atoms with Crippen LogP contribution in [-0.4, -0.2) is 29.3 Å². The van der Waals surface area contributed by atoms with Gasteiger partial charge in [-0.2, -0.15) is 0 Å². The zero-order valence-electron chi connectivity index (χ0n) is 9.82. The van der Waals surface area contributed by atoms with E-state index in [0.29, 0.717) is 0 Å². The number of hydrogen-bond acceptors (Lipinski definition) is 6. The molecule has 1 aromatic rings. The molecule has 0 spiro atoms. The predicted molar refractivity (Wildman–Crippen MR) is 56.1 cm³/mol.